The minimum absolute atomic E-state index is 0.00906. The van der Waals surface area contributed by atoms with Gasteiger partial charge in [-0.1, -0.05) is 11.6 Å². The molecule has 1 N–H and O–H groups in total. The number of alkyl halides is 3. The van der Waals surface area contributed by atoms with Crippen molar-refractivity contribution in [3.05, 3.63) is 62.4 Å². The van der Waals surface area contributed by atoms with E-state index in [2.05, 4.69) is 15.5 Å². The number of aryl methyl sites for hydroxylation is 2. The van der Waals surface area contributed by atoms with Gasteiger partial charge in [-0.2, -0.15) is 23.4 Å². The summed E-state index contributed by atoms with van der Waals surface area (Å²) in [6, 6.07) is 0. The summed E-state index contributed by atoms with van der Waals surface area (Å²) in [4.78, 5) is 12.4. The molecule has 0 saturated carbocycles. The zero-order valence-electron chi connectivity index (χ0n) is 18.2. The van der Waals surface area contributed by atoms with Crippen LogP contribution in [0.15, 0.2) is 0 Å². The highest BCUT2D eigenvalue weighted by Crippen LogP contribution is 2.35. The highest BCUT2D eigenvalue weighted by molar-refractivity contribution is 6.31. The second-order valence-electron chi connectivity index (χ2n) is 7.52. The van der Waals surface area contributed by atoms with Crippen LogP contribution in [0.4, 0.5) is 40.8 Å². The highest BCUT2D eigenvalue weighted by Gasteiger charge is 2.38. The quantitative estimate of drug-likeness (QED) is 0.262. The molecule has 0 atom stereocenters. The molecule has 0 aliphatic heterocycles. The van der Waals surface area contributed by atoms with Crippen molar-refractivity contribution in [2.45, 2.75) is 46.5 Å². The fraction of sp³-hybridized carbons (Fsp3) is 0.350. The third kappa shape index (κ3) is 4.97. The number of carbonyl (C=O) groups excluding carboxylic acids is 1. The standard InChI is InChI=1S/C20H16ClF8N5O/c1-7-18(30-11(35)4-5-33-8(2)12(21)19(32-33)20(27,28)29)9(3)34(31-7)6-10-13(22)15(24)17(26)16(25)14(10)23/h4-6H2,1-3H3,(H,30,35). The van der Waals surface area contributed by atoms with E-state index in [0.29, 0.717) is 0 Å². The van der Waals surface area contributed by atoms with Gasteiger partial charge < -0.3 is 5.32 Å². The number of anilines is 1. The van der Waals surface area contributed by atoms with Gasteiger partial charge in [-0.05, 0) is 20.8 Å². The molecule has 2 heterocycles. The monoisotopic (exact) mass is 529 g/mol. The first-order chi connectivity index (χ1) is 16.1. The molecule has 15 heteroatoms. The van der Waals surface area contributed by atoms with Crippen molar-refractivity contribution in [2.24, 2.45) is 0 Å². The number of rotatable bonds is 6. The molecule has 1 amide bonds. The maximum absolute atomic E-state index is 14.0. The Kier molecular flexibility index (Phi) is 7.16. The zero-order valence-corrected chi connectivity index (χ0v) is 19.0. The van der Waals surface area contributed by atoms with Gasteiger partial charge in [-0.3, -0.25) is 14.2 Å². The van der Waals surface area contributed by atoms with Crippen LogP contribution in [0, 0.1) is 49.9 Å². The first-order valence-electron chi connectivity index (χ1n) is 9.79. The predicted molar refractivity (Wildman–Crippen MR) is 107 cm³/mol. The molecule has 0 spiro atoms. The van der Waals surface area contributed by atoms with E-state index < -0.39 is 64.0 Å². The minimum Gasteiger partial charge on any atom is -0.323 e. The topological polar surface area (TPSA) is 64.7 Å². The number of aromatic nitrogens is 4. The first-order valence-corrected chi connectivity index (χ1v) is 10.2. The van der Waals surface area contributed by atoms with Crippen molar-refractivity contribution in [2.75, 3.05) is 5.32 Å². The Morgan fingerprint density at radius 2 is 1.43 bits per heavy atom. The van der Waals surface area contributed by atoms with Crippen LogP contribution in [0.25, 0.3) is 0 Å². The number of carbonyl (C=O) groups is 1. The fourth-order valence-corrected chi connectivity index (χ4v) is 3.55. The second-order valence-corrected chi connectivity index (χ2v) is 7.90. The lowest BCUT2D eigenvalue weighted by molar-refractivity contribution is -0.141. The molecule has 0 saturated heterocycles. The zero-order chi connectivity index (χ0) is 26.4. The van der Waals surface area contributed by atoms with Gasteiger partial charge in [0, 0.05) is 6.42 Å². The smallest absolute Gasteiger partial charge is 0.323 e. The maximum atomic E-state index is 14.0. The van der Waals surface area contributed by atoms with Gasteiger partial charge >= 0.3 is 6.18 Å². The predicted octanol–water partition coefficient (Wildman–Crippen LogP) is 5.45. The van der Waals surface area contributed by atoms with E-state index in [1.54, 1.807) is 0 Å². The number of nitrogens with one attached hydrogen (secondary N) is 1. The normalized spacial score (nSPS) is 11.9. The third-order valence-corrected chi connectivity index (χ3v) is 5.66. The van der Waals surface area contributed by atoms with Gasteiger partial charge in [-0.25, -0.2) is 22.0 Å². The van der Waals surface area contributed by atoms with E-state index in [0.717, 1.165) is 9.36 Å². The lowest BCUT2D eigenvalue weighted by atomic mass is 10.1. The van der Waals surface area contributed by atoms with E-state index >= 15 is 0 Å². The summed E-state index contributed by atoms with van der Waals surface area (Å²) in [6.45, 7) is 3.04. The van der Waals surface area contributed by atoms with Crippen LogP contribution < -0.4 is 5.32 Å². The Bertz CT molecular complexity index is 1290. The van der Waals surface area contributed by atoms with E-state index in [1.165, 1.54) is 20.8 Å². The van der Waals surface area contributed by atoms with Crippen LogP contribution in [0.1, 0.15) is 34.8 Å². The van der Waals surface area contributed by atoms with Crippen molar-refractivity contribution in [1.82, 2.24) is 19.6 Å². The van der Waals surface area contributed by atoms with Gasteiger partial charge in [-0.15, -0.1) is 0 Å². The summed E-state index contributed by atoms with van der Waals surface area (Å²) < 4.78 is 109. The Labute approximate surface area is 197 Å². The average molecular weight is 530 g/mol. The summed E-state index contributed by atoms with van der Waals surface area (Å²) in [5, 5.41) is 9.24. The first kappa shape index (κ1) is 26.4. The Hall–Kier alpha value is -3.16. The average Bonchev–Trinajstić information content (AvgIpc) is 3.22. The van der Waals surface area contributed by atoms with Gasteiger partial charge in [0.2, 0.25) is 11.7 Å². The van der Waals surface area contributed by atoms with Gasteiger partial charge in [0.25, 0.3) is 0 Å². The van der Waals surface area contributed by atoms with E-state index in [-0.39, 0.29) is 35.7 Å². The molecule has 0 radical (unpaired) electrons. The molecule has 0 unspecified atom stereocenters. The van der Waals surface area contributed by atoms with Crippen molar-refractivity contribution >= 4 is 23.2 Å². The summed E-state index contributed by atoms with van der Waals surface area (Å²) in [5.74, 6) is -11.2. The van der Waals surface area contributed by atoms with Crippen LogP contribution in [0.5, 0.6) is 0 Å². The molecule has 0 fully saturated rings. The summed E-state index contributed by atoms with van der Waals surface area (Å²) in [7, 11) is 0. The number of hydrogen-bond acceptors (Lipinski definition) is 3. The van der Waals surface area contributed by atoms with Crippen LogP contribution in [-0.4, -0.2) is 25.5 Å². The number of amides is 1. The van der Waals surface area contributed by atoms with E-state index in [1.807, 2.05) is 0 Å². The molecule has 3 rings (SSSR count). The minimum atomic E-state index is -4.77. The van der Waals surface area contributed by atoms with Crippen molar-refractivity contribution in [3.8, 4) is 0 Å². The Morgan fingerprint density at radius 1 is 0.886 bits per heavy atom. The van der Waals surface area contributed by atoms with Gasteiger partial charge in [0.05, 0.1) is 46.4 Å². The second kappa shape index (κ2) is 9.47. The lowest BCUT2D eigenvalue weighted by Gasteiger charge is -2.10. The third-order valence-electron chi connectivity index (χ3n) is 5.21. The van der Waals surface area contributed by atoms with Crippen LogP contribution >= 0.6 is 11.6 Å². The number of hydrogen-bond donors (Lipinski definition) is 1. The Balaban J connectivity index is 1.77. The van der Waals surface area contributed by atoms with Crippen molar-refractivity contribution in [1.29, 1.82) is 0 Å². The molecule has 0 aliphatic carbocycles. The van der Waals surface area contributed by atoms with Crippen LogP contribution in [-0.2, 0) is 24.1 Å². The summed E-state index contributed by atoms with van der Waals surface area (Å²) >= 11 is 5.67. The van der Waals surface area contributed by atoms with Crippen molar-refractivity contribution in [3.63, 3.8) is 0 Å². The van der Waals surface area contributed by atoms with Crippen LogP contribution in [0.3, 0.4) is 0 Å². The summed E-state index contributed by atoms with van der Waals surface area (Å²) in [5.41, 5.74) is -1.98. The number of benzene rings is 1. The highest BCUT2D eigenvalue weighted by atomic mass is 35.5. The molecule has 2 aromatic heterocycles. The Morgan fingerprint density at radius 3 is 1.94 bits per heavy atom. The molecule has 3 aromatic rings. The number of halogens is 9. The molecule has 190 valence electrons. The number of nitrogens with zero attached hydrogens (tertiary/aromatic N) is 4. The molecule has 1 aromatic carbocycles. The van der Waals surface area contributed by atoms with E-state index in [4.69, 9.17) is 11.6 Å². The molecular weight excluding hydrogens is 514 g/mol. The maximum Gasteiger partial charge on any atom is 0.436 e. The van der Waals surface area contributed by atoms with E-state index in [9.17, 15) is 39.9 Å². The largest absolute Gasteiger partial charge is 0.436 e. The fourth-order valence-electron chi connectivity index (χ4n) is 3.30. The SMILES string of the molecule is Cc1nn(Cc2c(F)c(F)c(F)c(F)c2F)c(C)c1NC(=O)CCn1nc(C(F)(F)F)c(Cl)c1C. The van der Waals surface area contributed by atoms with Crippen molar-refractivity contribution < 1.29 is 39.9 Å². The summed E-state index contributed by atoms with van der Waals surface area (Å²) in [6.07, 6.45) is -5.09. The molecule has 0 bridgehead atoms. The molecule has 6 nitrogen and oxygen atoms in total. The van der Waals surface area contributed by atoms with Crippen LogP contribution in [0.2, 0.25) is 5.02 Å². The molecule has 0 aliphatic rings. The lowest BCUT2D eigenvalue weighted by Crippen LogP contribution is -2.17. The van der Waals surface area contributed by atoms with Gasteiger partial charge in [0.1, 0.15) is 0 Å². The molecule has 35 heavy (non-hydrogen) atoms. The van der Waals surface area contributed by atoms with Gasteiger partial charge in [0.15, 0.2) is 29.0 Å². The molecular formula is C20H16ClF8N5O.